The Labute approximate surface area is 57.5 Å². The molecule has 0 heterocycles. The van der Waals surface area contributed by atoms with Gasteiger partial charge in [-0.05, 0) is 16.5 Å². The molecule has 0 aromatic carbocycles. The van der Waals surface area contributed by atoms with Crippen LogP contribution in [0.25, 0.3) is 0 Å². The molecular weight excluding hydrogens is 164 g/mol. The Hall–Kier alpha value is -0.0400. The van der Waals surface area contributed by atoms with Gasteiger partial charge in [-0.25, -0.2) is 0 Å². The molecule has 2 unspecified atom stereocenters. The number of rotatable bonds is 3. The van der Waals surface area contributed by atoms with Crippen molar-refractivity contribution >= 4 is 22.2 Å². The van der Waals surface area contributed by atoms with Crippen LogP contribution in [0.2, 0.25) is 0 Å². The van der Waals surface area contributed by atoms with Gasteiger partial charge in [-0.1, -0.05) is 17.2 Å². The molecule has 0 aromatic heterocycles. The topological polar surface area (TPSA) is 80.3 Å². The Balaban J connectivity index is 3.48. The zero-order chi connectivity index (χ0) is 7.28. The largest absolute Gasteiger partial charge is 0.772 e. The van der Waals surface area contributed by atoms with E-state index in [1.807, 2.05) is 0 Å². The van der Waals surface area contributed by atoms with E-state index in [2.05, 4.69) is 0 Å². The lowest BCUT2D eigenvalue weighted by molar-refractivity contribution is 0.540. The fourth-order valence-corrected chi connectivity index (χ4v) is 0.825. The van der Waals surface area contributed by atoms with E-state index in [0.717, 1.165) is 11.5 Å². The molecule has 4 nitrogen and oxygen atoms in total. The van der Waals surface area contributed by atoms with Gasteiger partial charge >= 0.3 is 0 Å². The first-order chi connectivity index (χ1) is 4.13. The zero-order valence-electron chi connectivity index (χ0n) is 4.31. The highest BCUT2D eigenvalue weighted by atomic mass is 32.2. The van der Waals surface area contributed by atoms with E-state index in [9.17, 15) is 17.5 Å². The van der Waals surface area contributed by atoms with E-state index < -0.39 is 22.2 Å². The van der Waals surface area contributed by atoms with Crippen molar-refractivity contribution in [2.24, 2.45) is 0 Å². The van der Waals surface area contributed by atoms with Gasteiger partial charge in [0.15, 0.2) is 0 Å². The van der Waals surface area contributed by atoms with E-state index >= 15 is 0 Å². The van der Waals surface area contributed by atoms with Crippen LogP contribution in [0, 0.1) is 0 Å². The Kier molecular flexibility index (Phi) is 4.78. The Morgan fingerprint density at radius 3 is 2.22 bits per heavy atom. The minimum atomic E-state index is -2.29. The molecule has 0 radical (unpaired) electrons. The second-order valence-corrected chi connectivity index (χ2v) is 2.84. The standard InChI is InChI=1S/C3H6O4S2/c4-8(5)2-1-3-9(6)7/h1-2H,3H2,(H,4,5)(H,6,7)/p-2. The molecule has 0 aromatic rings. The summed E-state index contributed by atoms with van der Waals surface area (Å²) < 4.78 is 38.8. The predicted molar refractivity (Wildman–Crippen MR) is 31.8 cm³/mol. The summed E-state index contributed by atoms with van der Waals surface area (Å²) in [6.45, 7) is 0. The first-order valence-electron chi connectivity index (χ1n) is 1.93. The molecule has 0 N–H and O–H groups in total. The summed E-state index contributed by atoms with van der Waals surface area (Å²) >= 11 is -4.48. The van der Waals surface area contributed by atoms with Crippen LogP contribution >= 0.6 is 0 Å². The molecule has 54 valence electrons. The fraction of sp³-hybridized carbons (Fsp3) is 0.333. The molecule has 0 rings (SSSR count). The highest BCUT2D eigenvalue weighted by molar-refractivity contribution is 7.82. The summed E-state index contributed by atoms with van der Waals surface area (Å²) in [6, 6.07) is 0. The molecule has 0 aliphatic rings. The summed E-state index contributed by atoms with van der Waals surface area (Å²) in [4.78, 5) is 0. The quantitative estimate of drug-likeness (QED) is 0.520. The summed E-state index contributed by atoms with van der Waals surface area (Å²) in [5.41, 5.74) is 0. The van der Waals surface area contributed by atoms with Crippen LogP contribution in [0.1, 0.15) is 0 Å². The van der Waals surface area contributed by atoms with E-state index in [4.69, 9.17) is 0 Å². The third-order valence-corrected chi connectivity index (χ3v) is 1.32. The molecule has 9 heavy (non-hydrogen) atoms. The molecule has 2 atom stereocenters. The second-order valence-electron chi connectivity index (χ2n) is 1.10. The van der Waals surface area contributed by atoms with Crippen LogP contribution in [0.4, 0.5) is 0 Å². The zero-order valence-corrected chi connectivity index (χ0v) is 5.94. The van der Waals surface area contributed by atoms with Gasteiger partial charge in [0.1, 0.15) is 0 Å². The van der Waals surface area contributed by atoms with Gasteiger partial charge in [0, 0.05) is 5.75 Å². The first kappa shape index (κ1) is 8.96. The van der Waals surface area contributed by atoms with Gasteiger partial charge in [-0.2, -0.15) is 0 Å². The predicted octanol–water partition coefficient (Wildman–Crippen LogP) is -0.742. The molecule has 0 fully saturated rings. The highest BCUT2D eigenvalue weighted by Gasteiger charge is 1.74. The van der Waals surface area contributed by atoms with Crippen molar-refractivity contribution in [3.63, 3.8) is 0 Å². The van der Waals surface area contributed by atoms with Crippen LogP contribution in [-0.4, -0.2) is 23.3 Å². The summed E-state index contributed by atoms with van der Waals surface area (Å²) in [7, 11) is 0. The van der Waals surface area contributed by atoms with E-state index in [-0.39, 0.29) is 5.75 Å². The lowest BCUT2D eigenvalue weighted by Gasteiger charge is -1.98. The van der Waals surface area contributed by atoms with Crippen molar-refractivity contribution in [2.45, 2.75) is 0 Å². The average Bonchev–Trinajstić information content (AvgIpc) is 1.63. The molecule has 0 saturated heterocycles. The molecular formula is C3H4O4S2-2. The van der Waals surface area contributed by atoms with Crippen molar-refractivity contribution < 1.29 is 17.5 Å². The van der Waals surface area contributed by atoms with E-state index in [0.29, 0.717) is 0 Å². The SMILES string of the molecule is O=S([O-])C=CCS(=O)[O-]. The van der Waals surface area contributed by atoms with Crippen molar-refractivity contribution in [1.82, 2.24) is 0 Å². The van der Waals surface area contributed by atoms with E-state index in [1.165, 1.54) is 0 Å². The van der Waals surface area contributed by atoms with Gasteiger partial charge in [0.05, 0.1) is 0 Å². The smallest absolute Gasteiger partial charge is 0.0290 e. The van der Waals surface area contributed by atoms with Gasteiger partial charge in [-0.15, -0.1) is 0 Å². The minimum absolute atomic E-state index is 0.256. The van der Waals surface area contributed by atoms with Gasteiger partial charge in [0.2, 0.25) is 0 Å². The molecule has 0 aliphatic heterocycles. The lowest BCUT2D eigenvalue weighted by atomic mass is 10.8. The number of hydrogen-bond acceptors (Lipinski definition) is 4. The first-order valence-corrected chi connectivity index (χ1v) is 4.31. The lowest BCUT2D eigenvalue weighted by Crippen LogP contribution is -1.90. The molecule has 0 saturated carbocycles. The fourth-order valence-electron chi connectivity index (χ4n) is 0.196. The van der Waals surface area contributed by atoms with Gasteiger partial charge < -0.3 is 9.11 Å². The molecule has 6 heteroatoms. The minimum Gasteiger partial charge on any atom is -0.772 e. The number of hydrogen-bond donors (Lipinski definition) is 0. The maximum absolute atomic E-state index is 9.73. The normalized spacial score (nSPS) is 18.0. The van der Waals surface area contributed by atoms with Crippen LogP contribution in [0.5, 0.6) is 0 Å². The maximum Gasteiger partial charge on any atom is 0.0290 e. The van der Waals surface area contributed by atoms with Crippen molar-refractivity contribution in [1.29, 1.82) is 0 Å². The third kappa shape index (κ3) is 7.96. The highest BCUT2D eigenvalue weighted by Crippen LogP contribution is 1.79. The van der Waals surface area contributed by atoms with Crippen LogP contribution in [0.15, 0.2) is 11.5 Å². The van der Waals surface area contributed by atoms with Crippen molar-refractivity contribution in [3.8, 4) is 0 Å². The van der Waals surface area contributed by atoms with Gasteiger partial charge in [-0.3, -0.25) is 8.42 Å². The van der Waals surface area contributed by atoms with Crippen molar-refractivity contribution in [3.05, 3.63) is 11.5 Å². The molecule has 0 bridgehead atoms. The third-order valence-electron chi connectivity index (χ3n) is 0.440. The monoisotopic (exact) mass is 168 g/mol. The average molecular weight is 168 g/mol. The summed E-state index contributed by atoms with van der Waals surface area (Å²) in [6.07, 6.45) is 1.05. The molecule has 0 aliphatic carbocycles. The Bertz CT molecular complexity index is 152. The van der Waals surface area contributed by atoms with Gasteiger partial charge in [0.25, 0.3) is 0 Å². The summed E-state index contributed by atoms with van der Waals surface area (Å²) in [5.74, 6) is -0.256. The Morgan fingerprint density at radius 2 is 1.89 bits per heavy atom. The Morgan fingerprint density at radius 1 is 1.33 bits per heavy atom. The maximum atomic E-state index is 9.73. The van der Waals surface area contributed by atoms with E-state index in [1.54, 1.807) is 0 Å². The molecule has 0 spiro atoms. The molecule has 0 amide bonds. The van der Waals surface area contributed by atoms with Crippen LogP contribution < -0.4 is 0 Å². The van der Waals surface area contributed by atoms with Crippen LogP contribution in [0.3, 0.4) is 0 Å². The van der Waals surface area contributed by atoms with Crippen LogP contribution in [-0.2, 0) is 22.2 Å². The van der Waals surface area contributed by atoms with Crippen molar-refractivity contribution in [2.75, 3.05) is 5.75 Å². The second kappa shape index (κ2) is 4.80. The summed E-state index contributed by atoms with van der Waals surface area (Å²) in [5, 5.41) is 0.788.